The van der Waals surface area contributed by atoms with E-state index >= 15 is 0 Å². The molecule has 1 unspecified atom stereocenters. The Hall–Kier alpha value is -3.64. The summed E-state index contributed by atoms with van der Waals surface area (Å²) < 4.78 is 84.3. The monoisotopic (exact) mass is 509 g/mol. The second kappa shape index (κ2) is 9.19. The molecular weight excluding hydrogens is 490 g/mol. The first-order valence-corrected chi connectivity index (χ1v) is 11.8. The highest BCUT2D eigenvalue weighted by Gasteiger charge is 2.34. The number of carbonyl (C=O) groups is 1. The number of hydrogen-bond donors (Lipinski definition) is 3. The van der Waals surface area contributed by atoms with Crippen LogP contribution in [0.4, 0.5) is 28.9 Å². The van der Waals surface area contributed by atoms with Gasteiger partial charge in [0.15, 0.2) is 0 Å². The van der Waals surface area contributed by atoms with E-state index in [1.165, 1.54) is 36.4 Å². The van der Waals surface area contributed by atoms with Crippen molar-refractivity contribution in [3.8, 4) is 5.75 Å². The molecule has 0 bridgehead atoms. The Morgan fingerprint density at radius 1 is 1.00 bits per heavy atom. The highest BCUT2D eigenvalue weighted by Crippen LogP contribution is 2.42. The molecule has 1 heterocycles. The molecule has 184 valence electrons. The Morgan fingerprint density at radius 2 is 1.74 bits per heavy atom. The van der Waals surface area contributed by atoms with Crippen molar-refractivity contribution in [1.29, 1.82) is 0 Å². The van der Waals surface area contributed by atoms with Gasteiger partial charge in [0.2, 0.25) is 0 Å². The number of ether oxygens (including phenoxy) is 1. The average molecular weight is 509 g/mol. The Balaban J connectivity index is 1.74. The van der Waals surface area contributed by atoms with Gasteiger partial charge in [-0.05, 0) is 54.4 Å². The number of benzene rings is 3. The van der Waals surface area contributed by atoms with Gasteiger partial charge in [0.25, 0.3) is 16.1 Å². The summed E-state index contributed by atoms with van der Waals surface area (Å²) in [7, 11) is -4.05. The molecule has 0 saturated heterocycles. The normalized spacial score (nSPS) is 15.6. The molecule has 1 aliphatic heterocycles. The molecule has 0 radical (unpaired) electrons. The fourth-order valence-electron chi connectivity index (χ4n) is 3.94. The van der Waals surface area contributed by atoms with E-state index in [0.717, 1.165) is 24.3 Å². The maximum atomic E-state index is 13.7. The molecule has 4 N–H and O–H groups in total. The van der Waals surface area contributed by atoms with Crippen LogP contribution in [0.25, 0.3) is 0 Å². The summed E-state index contributed by atoms with van der Waals surface area (Å²) in [5.41, 5.74) is -0.122. The van der Waals surface area contributed by atoms with Crippen LogP contribution < -0.4 is 19.9 Å². The fourth-order valence-corrected chi connectivity index (χ4v) is 4.40. The molecule has 1 amide bonds. The summed E-state index contributed by atoms with van der Waals surface area (Å²) in [5.74, 6) is -1.72. The summed E-state index contributed by atoms with van der Waals surface area (Å²) in [6, 6.07) is 12.2. The smallest absolute Gasteiger partial charge is 0.416 e. The van der Waals surface area contributed by atoms with E-state index in [0.29, 0.717) is 5.56 Å². The van der Waals surface area contributed by atoms with Gasteiger partial charge >= 0.3 is 6.18 Å². The van der Waals surface area contributed by atoms with Gasteiger partial charge in [-0.15, -0.1) is 0 Å². The maximum Gasteiger partial charge on any atom is 0.416 e. The summed E-state index contributed by atoms with van der Waals surface area (Å²) in [5, 5.41) is 7.53. The molecule has 1 aliphatic rings. The average Bonchev–Trinajstić information content (AvgIpc) is 2.76. The van der Waals surface area contributed by atoms with E-state index in [9.17, 15) is 30.8 Å². The molecule has 35 heavy (non-hydrogen) atoms. The summed E-state index contributed by atoms with van der Waals surface area (Å²) in [6.45, 7) is 0.125. The van der Waals surface area contributed by atoms with Crippen molar-refractivity contribution in [2.45, 2.75) is 18.5 Å². The van der Waals surface area contributed by atoms with Gasteiger partial charge in [-0.2, -0.15) is 21.6 Å². The van der Waals surface area contributed by atoms with Crippen molar-refractivity contribution in [3.05, 3.63) is 88.7 Å². The lowest BCUT2D eigenvalue weighted by molar-refractivity contribution is -0.137. The molecule has 3 aromatic carbocycles. The van der Waals surface area contributed by atoms with Crippen molar-refractivity contribution in [2.24, 2.45) is 5.14 Å². The van der Waals surface area contributed by atoms with E-state index in [1.807, 2.05) is 0 Å². The molecule has 7 nitrogen and oxygen atoms in total. The van der Waals surface area contributed by atoms with E-state index in [4.69, 9.17) is 9.88 Å². The van der Waals surface area contributed by atoms with Crippen molar-refractivity contribution in [1.82, 2.24) is 0 Å². The van der Waals surface area contributed by atoms with Crippen molar-refractivity contribution >= 4 is 27.5 Å². The van der Waals surface area contributed by atoms with Crippen molar-refractivity contribution in [2.75, 3.05) is 16.6 Å². The molecule has 0 aromatic heterocycles. The molecule has 1 atom stereocenters. The SMILES string of the molecule is NS(=O)(=O)Nc1cccc(NC(=O)c2ccc(C(F)(F)F)cc2C2CCOc3cc(F)ccc32)c1. The predicted molar refractivity (Wildman–Crippen MR) is 121 cm³/mol. The molecule has 0 spiro atoms. The van der Waals surface area contributed by atoms with Crippen LogP contribution in [0.5, 0.6) is 5.75 Å². The Morgan fingerprint density at radius 3 is 2.46 bits per heavy atom. The van der Waals surface area contributed by atoms with Gasteiger partial charge in [0, 0.05) is 28.8 Å². The summed E-state index contributed by atoms with van der Waals surface area (Å²) >= 11 is 0. The minimum Gasteiger partial charge on any atom is -0.493 e. The minimum atomic E-state index is -4.64. The summed E-state index contributed by atoms with van der Waals surface area (Å²) in [6.07, 6.45) is -4.37. The van der Waals surface area contributed by atoms with Crippen LogP contribution in [-0.4, -0.2) is 20.9 Å². The number of alkyl halides is 3. The lowest BCUT2D eigenvalue weighted by Gasteiger charge is -2.28. The highest BCUT2D eigenvalue weighted by molar-refractivity contribution is 7.90. The topological polar surface area (TPSA) is 111 Å². The quantitative estimate of drug-likeness (QED) is 0.436. The zero-order chi connectivity index (χ0) is 25.4. The number of hydrogen-bond acceptors (Lipinski definition) is 4. The standard InChI is InChI=1S/C23H19F4N3O4S/c24-14-5-7-18-17(8-9-34-21(18)11-14)20-10-13(23(25,26)27)4-6-19(20)22(31)29-15-2-1-3-16(12-15)30-35(28,32)33/h1-7,10-12,17,30H,8-9H2,(H,29,31)(H2,28,32,33). The second-order valence-corrected chi connectivity index (χ2v) is 9.15. The first-order valence-electron chi connectivity index (χ1n) is 10.3. The van der Waals surface area contributed by atoms with Gasteiger partial charge in [-0.25, -0.2) is 9.53 Å². The summed E-state index contributed by atoms with van der Waals surface area (Å²) in [4.78, 5) is 13.2. The lowest BCUT2D eigenvalue weighted by Crippen LogP contribution is -2.22. The minimum absolute atomic E-state index is 0.0232. The first-order chi connectivity index (χ1) is 16.4. The van der Waals surface area contributed by atoms with Crippen LogP contribution in [0.3, 0.4) is 0 Å². The van der Waals surface area contributed by atoms with Crippen LogP contribution in [0.1, 0.15) is 39.4 Å². The second-order valence-electron chi connectivity index (χ2n) is 7.85. The van der Waals surface area contributed by atoms with Crippen LogP contribution >= 0.6 is 0 Å². The van der Waals surface area contributed by atoms with Crippen LogP contribution in [0.2, 0.25) is 0 Å². The van der Waals surface area contributed by atoms with Gasteiger partial charge < -0.3 is 10.1 Å². The molecule has 4 rings (SSSR count). The number of amides is 1. The van der Waals surface area contributed by atoms with Crippen LogP contribution in [0.15, 0.2) is 60.7 Å². The largest absolute Gasteiger partial charge is 0.493 e. The molecule has 0 saturated carbocycles. The van der Waals surface area contributed by atoms with Gasteiger partial charge in [-0.1, -0.05) is 12.1 Å². The number of fused-ring (bicyclic) bond motifs is 1. The molecule has 0 fully saturated rings. The van der Waals surface area contributed by atoms with Gasteiger partial charge in [0.05, 0.1) is 17.9 Å². The van der Waals surface area contributed by atoms with E-state index < -0.39 is 39.6 Å². The molecule has 12 heteroatoms. The van der Waals surface area contributed by atoms with Crippen LogP contribution in [0, 0.1) is 5.82 Å². The number of anilines is 2. The number of rotatable bonds is 5. The number of nitrogens with one attached hydrogen (secondary N) is 2. The predicted octanol–water partition coefficient (Wildman–Crippen LogP) is 4.63. The van der Waals surface area contributed by atoms with Gasteiger partial charge in [0.1, 0.15) is 11.6 Å². The fraction of sp³-hybridized carbons (Fsp3) is 0.174. The highest BCUT2D eigenvalue weighted by atomic mass is 32.2. The van der Waals surface area contributed by atoms with Crippen LogP contribution in [-0.2, 0) is 16.4 Å². The van der Waals surface area contributed by atoms with E-state index in [1.54, 1.807) is 0 Å². The van der Waals surface area contributed by atoms with Crippen molar-refractivity contribution in [3.63, 3.8) is 0 Å². The number of nitrogens with two attached hydrogens (primary N) is 1. The molecule has 3 aromatic rings. The third-order valence-corrected chi connectivity index (χ3v) is 5.91. The van der Waals surface area contributed by atoms with E-state index in [2.05, 4.69) is 10.0 Å². The molecular formula is C23H19F4N3O4S. The van der Waals surface area contributed by atoms with E-state index in [-0.39, 0.29) is 41.3 Å². The van der Waals surface area contributed by atoms with Crippen molar-refractivity contribution < 1.29 is 35.5 Å². The zero-order valence-corrected chi connectivity index (χ0v) is 18.7. The lowest BCUT2D eigenvalue weighted by atomic mass is 9.83. The first kappa shape index (κ1) is 24.5. The maximum absolute atomic E-state index is 13.7. The number of halogens is 4. The third-order valence-electron chi connectivity index (χ3n) is 5.39. The molecule has 0 aliphatic carbocycles. The zero-order valence-electron chi connectivity index (χ0n) is 17.9. The Labute approximate surface area is 198 Å². The Bertz CT molecular complexity index is 1390. The van der Waals surface area contributed by atoms with Gasteiger partial charge in [-0.3, -0.25) is 9.52 Å². The third kappa shape index (κ3) is 5.72. The number of carbonyl (C=O) groups excluding carboxylic acids is 1. The Kier molecular flexibility index (Phi) is 6.43.